The predicted molar refractivity (Wildman–Crippen MR) is 98.8 cm³/mol. The summed E-state index contributed by atoms with van der Waals surface area (Å²) >= 11 is 0. The van der Waals surface area contributed by atoms with E-state index >= 15 is 0 Å². The molecule has 1 N–H and O–H groups in total. The molecule has 1 aromatic heterocycles. The normalized spacial score (nSPS) is 12.8. The van der Waals surface area contributed by atoms with Crippen molar-refractivity contribution >= 4 is 17.1 Å². The van der Waals surface area contributed by atoms with E-state index in [1.165, 1.54) is 24.3 Å². The van der Waals surface area contributed by atoms with E-state index in [1.54, 1.807) is 50.5 Å². The third kappa shape index (κ3) is 4.24. The molecule has 0 aliphatic rings. The van der Waals surface area contributed by atoms with E-state index in [9.17, 15) is 13.6 Å². The highest BCUT2D eigenvalue weighted by molar-refractivity contribution is 5.79. The van der Waals surface area contributed by atoms with Crippen LogP contribution in [0, 0.1) is 11.6 Å². The van der Waals surface area contributed by atoms with Crippen LogP contribution in [0.2, 0.25) is 0 Å². The van der Waals surface area contributed by atoms with Crippen LogP contribution in [0.5, 0.6) is 0 Å². The van der Waals surface area contributed by atoms with Gasteiger partial charge in [0.1, 0.15) is 23.1 Å². The van der Waals surface area contributed by atoms with Crippen molar-refractivity contribution < 1.29 is 18.3 Å². The number of aromatic nitrogens is 2. The number of nitrogens with zero attached hydrogens (tertiary/aromatic N) is 2. The molecule has 0 aliphatic carbocycles. The molecule has 0 bridgehead atoms. The summed E-state index contributed by atoms with van der Waals surface area (Å²) in [5.41, 5.74) is 1.06. The molecule has 5 nitrogen and oxygen atoms in total. The van der Waals surface area contributed by atoms with Crippen LogP contribution in [0.3, 0.4) is 0 Å². The SMILES string of the molecule is C[C@H](NC(=O)OC(C)(C)C)c1nc2ccc(F)cc2n1-c1ccc(F)cc1. The van der Waals surface area contributed by atoms with Gasteiger partial charge in [0, 0.05) is 11.8 Å². The lowest BCUT2D eigenvalue weighted by atomic mass is 10.2. The molecule has 3 rings (SSSR count). The fourth-order valence-corrected chi connectivity index (χ4v) is 2.77. The minimum atomic E-state index is -0.635. The Morgan fingerprint density at radius 2 is 1.74 bits per heavy atom. The van der Waals surface area contributed by atoms with E-state index < -0.39 is 23.6 Å². The molecule has 3 aromatic rings. The van der Waals surface area contributed by atoms with Gasteiger partial charge >= 0.3 is 6.09 Å². The number of hydrogen-bond acceptors (Lipinski definition) is 3. The Bertz CT molecular complexity index is 975. The van der Waals surface area contributed by atoms with Crippen LogP contribution in [-0.4, -0.2) is 21.2 Å². The molecule has 0 saturated heterocycles. The maximum Gasteiger partial charge on any atom is 0.408 e. The maximum absolute atomic E-state index is 13.8. The number of ether oxygens (including phenoxy) is 1. The molecule has 142 valence electrons. The summed E-state index contributed by atoms with van der Waals surface area (Å²) in [7, 11) is 0. The molecule has 1 heterocycles. The van der Waals surface area contributed by atoms with E-state index in [0.29, 0.717) is 22.5 Å². The Morgan fingerprint density at radius 3 is 2.37 bits per heavy atom. The second-order valence-electron chi connectivity index (χ2n) is 7.28. The van der Waals surface area contributed by atoms with Crippen LogP contribution >= 0.6 is 0 Å². The lowest BCUT2D eigenvalue weighted by molar-refractivity contribution is 0.0505. The Morgan fingerprint density at radius 1 is 1.11 bits per heavy atom. The summed E-state index contributed by atoms with van der Waals surface area (Å²) in [5, 5.41) is 2.74. The third-order valence-electron chi connectivity index (χ3n) is 3.85. The monoisotopic (exact) mass is 373 g/mol. The number of nitrogens with one attached hydrogen (secondary N) is 1. The summed E-state index contributed by atoms with van der Waals surface area (Å²) in [4.78, 5) is 16.7. The van der Waals surface area contributed by atoms with Gasteiger partial charge < -0.3 is 10.1 Å². The van der Waals surface area contributed by atoms with Crippen molar-refractivity contribution in [1.29, 1.82) is 0 Å². The van der Waals surface area contributed by atoms with E-state index in [0.717, 1.165) is 0 Å². The van der Waals surface area contributed by atoms with E-state index in [-0.39, 0.29) is 5.82 Å². The summed E-state index contributed by atoms with van der Waals surface area (Å²) in [5.74, 6) is -0.311. The van der Waals surface area contributed by atoms with E-state index in [2.05, 4.69) is 10.3 Å². The molecule has 7 heteroatoms. The Hall–Kier alpha value is -2.96. The smallest absolute Gasteiger partial charge is 0.408 e. The molecule has 0 radical (unpaired) electrons. The molecule has 0 aliphatic heterocycles. The van der Waals surface area contributed by atoms with Crippen LogP contribution < -0.4 is 5.32 Å². The minimum absolute atomic E-state index is 0.379. The van der Waals surface area contributed by atoms with Gasteiger partial charge in [-0.1, -0.05) is 0 Å². The number of rotatable bonds is 3. The molecule has 0 saturated carbocycles. The molecule has 1 amide bonds. The second kappa shape index (κ2) is 6.98. The van der Waals surface area contributed by atoms with Crippen molar-refractivity contribution in [3.63, 3.8) is 0 Å². The zero-order chi connectivity index (χ0) is 19.8. The van der Waals surface area contributed by atoms with Crippen molar-refractivity contribution in [3.05, 3.63) is 59.9 Å². The van der Waals surface area contributed by atoms with Crippen LogP contribution in [0.15, 0.2) is 42.5 Å². The van der Waals surface area contributed by atoms with Crippen molar-refractivity contribution in [2.24, 2.45) is 0 Å². The molecule has 27 heavy (non-hydrogen) atoms. The number of benzene rings is 2. The highest BCUT2D eigenvalue weighted by atomic mass is 19.1. The first-order valence-corrected chi connectivity index (χ1v) is 8.57. The third-order valence-corrected chi connectivity index (χ3v) is 3.85. The first-order chi connectivity index (χ1) is 12.6. The van der Waals surface area contributed by atoms with Crippen LogP contribution in [-0.2, 0) is 4.74 Å². The van der Waals surface area contributed by atoms with Crippen molar-refractivity contribution in [2.75, 3.05) is 0 Å². The van der Waals surface area contributed by atoms with Gasteiger partial charge in [0.05, 0.1) is 17.1 Å². The quantitative estimate of drug-likeness (QED) is 0.711. The summed E-state index contributed by atoms with van der Waals surface area (Å²) in [6.45, 7) is 7.07. The number of hydrogen-bond donors (Lipinski definition) is 1. The zero-order valence-corrected chi connectivity index (χ0v) is 15.6. The van der Waals surface area contributed by atoms with Crippen LogP contribution in [0.1, 0.15) is 39.6 Å². The first kappa shape index (κ1) is 18.8. The average Bonchev–Trinajstić information content (AvgIpc) is 2.92. The zero-order valence-electron chi connectivity index (χ0n) is 15.6. The molecular formula is C20H21F2N3O2. The van der Waals surface area contributed by atoms with Gasteiger partial charge in [-0.25, -0.2) is 18.6 Å². The maximum atomic E-state index is 13.8. The summed E-state index contributed by atoms with van der Waals surface area (Å²) in [6, 6.07) is 9.49. The Labute approximate surface area is 156 Å². The number of fused-ring (bicyclic) bond motifs is 1. The average molecular weight is 373 g/mol. The van der Waals surface area contributed by atoms with Crippen LogP contribution in [0.4, 0.5) is 13.6 Å². The largest absolute Gasteiger partial charge is 0.444 e. The molecule has 0 spiro atoms. The predicted octanol–water partition coefficient (Wildman–Crippen LogP) is 4.89. The summed E-state index contributed by atoms with van der Waals surface area (Å²) in [6.07, 6.45) is -0.584. The van der Waals surface area contributed by atoms with Crippen molar-refractivity contribution in [2.45, 2.75) is 39.3 Å². The highest BCUT2D eigenvalue weighted by Crippen LogP contribution is 2.26. The number of alkyl carbamates (subject to hydrolysis) is 1. The van der Waals surface area contributed by atoms with Crippen molar-refractivity contribution in [1.82, 2.24) is 14.9 Å². The van der Waals surface area contributed by atoms with Gasteiger partial charge in [-0.15, -0.1) is 0 Å². The van der Waals surface area contributed by atoms with Gasteiger partial charge in [0.2, 0.25) is 0 Å². The number of carbonyl (C=O) groups excluding carboxylic acids is 1. The molecule has 0 unspecified atom stereocenters. The molecular weight excluding hydrogens is 352 g/mol. The lowest BCUT2D eigenvalue weighted by Gasteiger charge is -2.22. The van der Waals surface area contributed by atoms with Crippen LogP contribution in [0.25, 0.3) is 16.7 Å². The van der Waals surface area contributed by atoms with E-state index in [4.69, 9.17) is 4.74 Å². The molecule has 0 fully saturated rings. The Balaban J connectivity index is 2.05. The minimum Gasteiger partial charge on any atom is -0.444 e. The molecule has 1 atom stereocenters. The van der Waals surface area contributed by atoms with Gasteiger partial charge in [-0.2, -0.15) is 0 Å². The highest BCUT2D eigenvalue weighted by Gasteiger charge is 2.23. The van der Waals surface area contributed by atoms with E-state index in [1.807, 2.05) is 0 Å². The van der Waals surface area contributed by atoms with Crippen molar-refractivity contribution in [3.8, 4) is 5.69 Å². The summed E-state index contributed by atoms with van der Waals surface area (Å²) < 4.78 is 34.1. The number of halogens is 2. The second-order valence-corrected chi connectivity index (χ2v) is 7.28. The number of amides is 1. The van der Waals surface area contributed by atoms with Gasteiger partial charge in [-0.05, 0) is 64.1 Å². The topological polar surface area (TPSA) is 56.1 Å². The van der Waals surface area contributed by atoms with Gasteiger partial charge in [0.25, 0.3) is 0 Å². The lowest BCUT2D eigenvalue weighted by Crippen LogP contribution is -2.34. The number of carbonyl (C=O) groups is 1. The fourth-order valence-electron chi connectivity index (χ4n) is 2.77. The first-order valence-electron chi connectivity index (χ1n) is 8.57. The standard InChI is InChI=1S/C20H21F2N3O2/c1-12(23-19(26)27-20(2,3)4)18-24-16-10-7-14(22)11-17(16)25(18)15-8-5-13(21)6-9-15/h5-12H,1-4H3,(H,23,26)/t12-/m0/s1. The fraction of sp³-hybridized carbons (Fsp3) is 0.300. The molecule has 2 aromatic carbocycles. The van der Waals surface area contributed by atoms with Gasteiger partial charge in [-0.3, -0.25) is 4.57 Å². The van der Waals surface area contributed by atoms with Gasteiger partial charge in [0.15, 0.2) is 0 Å². The number of imidazole rings is 1. The Kier molecular flexibility index (Phi) is 4.87.